The molecule has 0 spiro atoms. The van der Waals surface area contributed by atoms with Crippen LogP contribution in [0.4, 0.5) is 5.82 Å². The highest BCUT2D eigenvalue weighted by Gasteiger charge is 2.27. The first-order valence-corrected chi connectivity index (χ1v) is 5.73. The van der Waals surface area contributed by atoms with Crippen molar-refractivity contribution in [1.29, 1.82) is 0 Å². The first-order chi connectivity index (χ1) is 8.06. The van der Waals surface area contributed by atoms with Gasteiger partial charge in [0, 0.05) is 13.1 Å². The Bertz CT molecular complexity index is 412. The van der Waals surface area contributed by atoms with Gasteiger partial charge in [0.25, 0.3) is 5.91 Å². The summed E-state index contributed by atoms with van der Waals surface area (Å²) < 4.78 is 5.59. The van der Waals surface area contributed by atoms with Crippen molar-refractivity contribution in [1.82, 2.24) is 9.88 Å². The summed E-state index contributed by atoms with van der Waals surface area (Å²) in [5, 5.41) is 0. The largest absolute Gasteiger partial charge is 0.384 e. The Morgan fingerprint density at radius 1 is 1.41 bits per heavy atom. The highest BCUT2D eigenvalue weighted by atomic mass is 16.5. The number of carbonyl (C=O) groups excluding carboxylic acids is 1. The summed E-state index contributed by atoms with van der Waals surface area (Å²) in [6.45, 7) is 5.12. The number of ether oxygens (including phenoxy) is 1. The Morgan fingerprint density at radius 2 is 2.06 bits per heavy atom. The van der Waals surface area contributed by atoms with Crippen molar-refractivity contribution in [2.24, 2.45) is 0 Å². The average molecular weight is 235 g/mol. The highest BCUT2D eigenvalue weighted by Crippen LogP contribution is 2.13. The lowest BCUT2D eigenvalue weighted by Gasteiger charge is -2.35. The van der Waals surface area contributed by atoms with Crippen LogP contribution in [0.1, 0.15) is 24.3 Å². The Morgan fingerprint density at radius 3 is 2.65 bits per heavy atom. The summed E-state index contributed by atoms with van der Waals surface area (Å²) in [6.07, 6.45) is 0.118. The van der Waals surface area contributed by atoms with Gasteiger partial charge in [0.05, 0.1) is 12.2 Å². The fourth-order valence-electron chi connectivity index (χ4n) is 2.08. The second-order valence-corrected chi connectivity index (χ2v) is 4.42. The zero-order valence-corrected chi connectivity index (χ0v) is 10.1. The molecule has 1 fully saturated rings. The molecule has 0 aromatic carbocycles. The maximum absolute atomic E-state index is 12.2. The van der Waals surface area contributed by atoms with E-state index >= 15 is 0 Å². The second kappa shape index (κ2) is 4.71. The quantitative estimate of drug-likeness (QED) is 0.785. The van der Waals surface area contributed by atoms with Crippen molar-refractivity contribution in [2.45, 2.75) is 26.1 Å². The van der Waals surface area contributed by atoms with Crippen LogP contribution in [0.25, 0.3) is 0 Å². The number of pyridine rings is 1. The Hall–Kier alpha value is -1.62. The summed E-state index contributed by atoms with van der Waals surface area (Å²) in [5.74, 6) is 0.282. The molecular formula is C12H17N3O2. The van der Waals surface area contributed by atoms with E-state index in [0.29, 0.717) is 24.6 Å². The molecule has 1 aliphatic heterocycles. The maximum atomic E-state index is 12.2. The third-order valence-electron chi connectivity index (χ3n) is 2.70. The van der Waals surface area contributed by atoms with Crippen LogP contribution in [0.3, 0.4) is 0 Å². The third kappa shape index (κ3) is 2.74. The van der Waals surface area contributed by atoms with Crippen LogP contribution in [0, 0.1) is 0 Å². The van der Waals surface area contributed by atoms with Crippen LogP contribution in [0.2, 0.25) is 0 Å². The van der Waals surface area contributed by atoms with E-state index in [2.05, 4.69) is 4.98 Å². The molecule has 1 aromatic rings. The minimum absolute atomic E-state index is 0.0590. The van der Waals surface area contributed by atoms with Gasteiger partial charge in [0.2, 0.25) is 0 Å². The van der Waals surface area contributed by atoms with Crippen LogP contribution in [-0.2, 0) is 4.74 Å². The fraction of sp³-hybridized carbons (Fsp3) is 0.500. The normalized spacial score (nSPS) is 24.7. The number of nitrogens with two attached hydrogens (primary N) is 1. The Kier molecular flexibility index (Phi) is 3.28. The van der Waals surface area contributed by atoms with E-state index in [4.69, 9.17) is 10.5 Å². The van der Waals surface area contributed by atoms with Gasteiger partial charge in [0.15, 0.2) is 0 Å². The predicted molar refractivity (Wildman–Crippen MR) is 64.6 cm³/mol. The molecule has 5 nitrogen and oxygen atoms in total. The lowest BCUT2D eigenvalue weighted by atomic mass is 10.2. The summed E-state index contributed by atoms with van der Waals surface area (Å²) >= 11 is 0. The molecule has 0 aliphatic carbocycles. The van der Waals surface area contributed by atoms with Gasteiger partial charge in [0.1, 0.15) is 11.5 Å². The molecule has 1 saturated heterocycles. The molecule has 17 heavy (non-hydrogen) atoms. The number of rotatable bonds is 1. The van der Waals surface area contributed by atoms with Crippen molar-refractivity contribution in [3.05, 3.63) is 23.9 Å². The van der Waals surface area contributed by atoms with E-state index in [1.54, 1.807) is 23.1 Å². The molecule has 1 aliphatic rings. The lowest BCUT2D eigenvalue weighted by molar-refractivity contribution is -0.0587. The average Bonchev–Trinajstić information content (AvgIpc) is 2.26. The molecule has 2 rings (SSSR count). The topological polar surface area (TPSA) is 68.5 Å². The maximum Gasteiger partial charge on any atom is 0.272 e. The van der Waals surface area contributed by atoms with Gasteiger partial charge in [-0.25, -0.2) is 4.98 Å². The fourth-order valence-corrected chi connectivity index (χ4v) is 2.08. The van der Waals surface area contributed by atoms with Gasteiger partial charge in [-0.2, -0.15) is 0 Å². The van der Waals surface area contributed by atoms with Gasteiger partial charge in [-0.15, -0.1) is 0 Å². The van der Waals surface area contributed by atoms with E-state index in [0.717, 1.165) is 0 Å². The first-order valence-electron chi connectivity index (χ1n) is 5.73. The van der Waals surface area contributed by atoms with Crippen LogP contribution < -0.4 is 5.73 Å². The van der Waals surface area contributed by atoms with Crippen molar-refractivity contribution in [3.63, 3.8) is 0 Å². The van der Waals surface area contributed by atoms with Crippen molar-refractivity contribution in [2.75, 3.05) is 18.8 Å². The van der Waals surface area contributed by atoms with Crippen LogP contribution in [-0.4, -0.2) is 41.1 Å². The monoisotopic (exact) mass is 235 g/mol. The number of carbonyl (C=O) groups is 1. The zero-order chi connectivity index (χ0) is 12.4. The molecule has 0 radical (unpaired) electrons. The molecule has 2 N–H and O–H groups in total. The third-order valence-corrected chi connectivity index (χ3v) is 2.70. The van der Waals surface area contributed by atoms with Gasteiger partial charge in [-0.1, -0.05) is 6.07 Å². The molecular weight excluding hydrogens is 218 g/mol. The van der Waals surface area contributed by atoms with Crippen molar-refractivity contribution >= 4 is 11.7 Å². The van der Waals surface area contributed by atoms with Gasteiger partial charge in [-0.3, -0.25) is 4.79 Å². The molecule has 1 aromatic heterocycles. The molecule has 1 amide bonds. The van der Waals surface area contributed by atoms with Gasteiger partial charge >= 0.3 is 0 Å². The number of nitrogens with zero attached hydrogens (tertiary/aromatic N) is 2. The molecule has 2 heterocycles. The van der Waals surface area contributed by atoms with Crippen molar-refractivity contribution in [3.8, 4) is 0 Å². The van der Waals surface area contributed by atoms with Gasteiger partial charge in [-0.05, 0) is 26.0 Å². The second-order valence-electron chi connectivity index (χ2n) is 4.42. The van der Waals surface area contributed by atoms with E-state index in [1.165, 1.54) is 0 Å². The number of morpholine rings is 1. The molecule has 92 valence electrons. The predicted octanol–water partition coefficient (Wildman–Crippen LogP) is 0.913. The standard InChI is InChI=1S/C12H17N3O2/c1-8-6-15(7-9(2)17-8)12(16)10-4-3-5-11(13)14-10/h3-5,8-9H,6-7H2,1-2H3,(H2,13,14)/t8-,9-/m1/s1. The smallest absolute Gasteiger partial charge is 0.272 e. The number of hydrogen-bond donors (Lipinski definition) is 1. The van der Waals surface area contributed by atoms with E-state index in [9.17, 15) is 4.79 Å². The number of anilines is 1. The van der Waals surface area contributed by atoms with Crippen LogP contribution in [0.15, 0.2) is 18.2 Å². The van der Waals surface area contributed by atoms with Gasteiger partial charge < -0.3 is 15.4 Å². The summed E-state index contributed by atoms with van der Waals surface area (Å²) in [4.78, 5) is 18.0. The van der Waals surface area contributed by atoms with E-state index < -0.39 is 0 Å². The number of hydrogen-bond acceptors (Lipinski definition) is 4. The Labute approximate surface area is 101 Å². The highest BCUT2D eigenvalue weighted by molar-refractivity contribution is 5.92. The number of amides is 1. The minimum atomic E-state index is -0.0840. The lowest BCUT2D eigenvalue weighted by Crippen LogP contribution is -2.48. The van der Waals surface area contributed by atoms with Crippen LogP contribution in [0.5, 0.6) is 0 Å². The molecule has 5 heteroatoms. The molecule has 0 unspecified atom stereocenters. The summed E-state index contributed by atoms with van der Waals surface area (Å²) in [6, 6.07) is 5.09. The van der Waals surface area contributed by atoms with E-state index in [-0.39, 0.29) is 18.1 Å². The Balaban J connectivity index is 2.14. The first kappa shape index (κ1) is 11.9. The minimum Gasteiger partial charge on any atom is -0.384 e. The van der Waals surface area contributed by atoms with Crippen molar-refractivity contribution < 1.29 is 9.53 Å². The number of nitrogen functional groups attached to an aromatic ring is 1. The SMILES string of the molecule is C[C@@H]1CN(C(=O)c2cccc(N)n2)C[C@@H](C)O1. The zero-order valence-electron chi connectivity index (χ0n) is 10.1. The molecule has 0 bridgehead atoms. The molecule has 0 saturated carbocycles. The van der Waals surface area contributed by atoms with E-state index in [1.807, 2.05) is 13.8 Å². The van der Waals surface area contributed by atoms with Crippen LogP contribution >= 0.6 is 0 Å². The number of aromatic nitrogens is 1. The summed E-state index contributed by atoms with van der Waals surface area (Å²) in [5.41, 5.74) is 5.97. The molecule has 2 atom stereocenters. The summed E-state index contributed by atoms with van der Waals surface area (Å²) in [7, 11) is 0.